The molecule has 1 rings (SSSR count). The first-order valence-electron chi connectivity index (χ1n) is 6.00. The van der Waals surface area contributed by atoms with Gasteiger partial charge in [0.2, 0.25) is 5.91 Å². The summed E-state index contributed by atoms with van der Waals surface area (Å²) in [5.74, 6) is 1.31. The van der Waals surface area contributed by atoms with Crippen LogP contribution >= 0.6 is 0 Å². The lowest BCUT2D eigenvalue weighted by Crippen LogP contribution is -2.35. The summed E-state index contributed by atoms with van der Waals surface area (Å²) >= 11 is 0. The molecule has 1 amide bonds. The smallest absolute Gasteiger partial charge is 0.241 e. The third kappa shape index (κ3) is 2.94. The van der Waals surface area contributed by atoms with Gasteiger partial charge in [0.15, 0.2) is 0 Å². The molecule has 88 valence electrons. The third-order valence-corrected chi connectivity index (χ3v) is 3.05. The minimum atomic E-state index is 0.0205. The zero-order valence-corrected chi connectivity index (χ0v) is 10.6. The Balaban J connectivity index is 2.55. The first-order valence-corrected chi connectivity index (χ1v) is 6.00. The number of rotatable bonds is 4. The molecule has 0 aromatic carbocycles. The number of amides is 1. The Morgan fingerprint density at radius 3 is 2.33 bits per heavy atom. The minimum absolute atomic E-state index is 0.0205. The molecule has 1 fully saturated rings. The number of hydrogen-bond acceptors (Lipinski definition) is 2. The van der Waals surface area contributed by atoms with Crippen LogP contribution in [-0.2, 0) is 4.79 Å². The van der Waals surface area contributed by atoms with Gasteiger partial charge in [-0.1, -0.05) is 27.7 Å². The maximum Gasteiger partial charge on any atom is 0.241 e. The summed E-state index contributed by atoms with van der Waals surface area (Å²) in [6.45, 7) is 11.5. The maximum atomic E-state index is 12.0. The van der Waals surface area contributed by atoms with E-state index >= 15 is 0 Å². The Kier molecular flexibility index (Phi) is 4.14. The molecule has 0 aromatic rings. The highest BCUT2D eigenvalue weighted by Gasteiger charge is 2.37. The molecule has 3 heteroatoms. The number of carbonyl (C=O) groups is 1. The Labute approximate surface area is 93.2 Å². The first kappa shape index (κ1) is 12.5. The molecular weight excluding hydrogens is 188 g/mol. The molecule has 0 radical (unpaired) electrons. The van der Waals surface area contributed by atoms with E-state index in [4.69, 9.17) is 0 Å². The number of hydrogen-bond donors (Lipinski definition) is 1. The van der Waals surface area contributed by atoms with E-state index in [2.05, 4.69) is 39.9 Å². The molecule has 0 aliphatic carbocycles. The Morgan fingerprint density at radius 1 is 1.33 bits per heavy atom. The molecule has 0 saturated carbocycles. The molecule has 1 aliphatic heterocycles. The van der Waals surface area contributed by atoms with Gasteiger partial charge in [-0.05, 0) is 25.2 Å². The van der Waals surface area contributed by atoms with Crippen LogP contribution in [0.15, 0.2) is 0 Å². The van der Waals surface area contributed by atoms with Gasteiger partial charge in [-0.3, -0.25) is 10.1 Å². The van der Waals surface area contributed by atoms with E-state index in [9.17, 15) is 4.79 Å². The van der Waals surface area contributed by atoms with Gasteiger partial charge in [-0.25, -0.2) is 0 Å². The summed E-state index contributed by atoms with van der Waals surface area (Å²) in [4.78, 5) is 14.0. The van der Waals surface area contributed by atoms with E-state index in [1.165, 1.54) is 0 Å². The average Bonchev–Trinajstić information content (AvgIpc) is 2.39. The molecule has 1 N–H and O–H groups in total. The van der Waals surface area contributed by atoms with E-state index in [0.717, 1.165) is 13.0 Å². The zero-order valence-electron chi connectivity index (χ0n) is 10.6. The summed E-state index contributed by atoms with van der Waals surface area (Å²) in [6, 6.07) is 0.0205. The first-order chi connectivity index (χ1) is 6.93. The van der Waals surface area contributed by atoms with Crippen molar-refractivity contribution in [3.63, 3.8) is 0 Å². The molecule has 1 aliphatic rings. The van der Waals surface area contributed by atoms with Crippen molar-refractivity contribution >= 4 is 5.91 Å². The Morgan fingerprint density at radius 2 is 1.93 bits per heavy atom. The predicted octanol–water partition coefficient (Wildman–Crippen LogP) is 1.83. The summed E-state index contributed by atoms with van der Waals surface area (Å²) in [5, 5.41) is 3.35. The number of nitrogens with one attached hydrogen (secondary N) is 1. The lowest BCUT2D eigenvalue weighted by atomic mass is 10.0. The van der Waals surface area contributed by atoms with Gasteiger partial charge in [0.1, 0.15) is 0 Å². The highest BCUT2D eigenvalue weighted by atomic mass is 16.2. The summed E-state index contributed by atoms with van der Waals surface area (Å²) < 4.78 is 0. The Bertz CT molecular complexity index is 226. The third-order valence-electron chi connectivity index (χ3n) is 3.05. The minimum Gasteiger partial charge on any atom is -0.326 e. The van der Waals surface area contributed by atoms with Crippen molar-refractivity contribution in [3.8, 4) is 0 Å². The van der Waals surface area contributed by atoms with Gasteiger partial charge >= 0.3 is 0 Å². The second kappa shape index (κ2) is 4.97. The molecule has 2 atom stereocenters. The fourth-order valence-corrected chi connectivity index (χ4v) is 1.97. The van der Waals surface area contributed by atoms with Crippen LogP contribution in [-0.4, -0.2) is 29.6 Å². The van der Waals surface area contributed by atoms with Crippen LogP contribution in [0, 0.1) is 11.8 Å². The highest BCUT2D eigenvalue weighted by Crippen LogP contribution is 2.17. The van der Waals surface area contributed by atoms with Gasteiger partial charge in [0, 0.05) is 6.54 Å². The van der Waals surface area contributed by atoms with Crippen LogP contribution in [0.2, 0.25) is 0 Å². The predicted molar refractivity (Wildman–Crippen MR) is 62.4 cm³/mol. The van der Waals surface area contributed by atoms with Crippen LogP contribution in [0.1, 0.15) is 41.0 Å². The van der Waals surface area contributed by atoms with Gasteiger partial charge in [0.05, 0.1) is 12.2 Å². The molecular formula is C12H24N2O. The van der Waals surface area contributed by atoms with E-state index in [1.807, 2.05) is 4.90 Å². The van der Waals surface area contributed by atoms with Crippen LogP contribution in [0.3, 0.4) is 0 Å². The average molecular weight is 212 g/mol. The van der Waals surface area contributed by atoms with Crippen LogP contribution < -0.4 is 5.32 Å². The summed E-state index contributed by atoms with van der Waals surface area (Å²) in [7, 11) is 0. The fraction of sp³-hybridized carbons (Fsp3) is 0.917. The second-order valence-corrected chi connectivity index (χ2v) is 5.28. The van der Waals surface area contributed by atoms with E-state index < -0.39 is 0 Å². The van der Waals surface area contributed by atoms with Crippen molar-refractivity contribution in [1.29, 1.82) is 0 Å². The van der Waals surface area contributed by atoms with Gasteiger partial charge < -0.3 is 4.90 Å². The molecule has 3 nitrogen and oxygen atoms in total. The van der Waals surface area contributed by atoms with Crippen LogP contribution in [0.5, 0.6) is 0 Å². The SMILES string of the molecule is CC(C)CCN1C(=O)C(C(C)C)NC1C. The zero-order chi connectivity index (χ0) is 11.6. The maximum absolute atomic E-state index is 12.0. The summed E-state index contributed by atoms with van der Waals surface area (Å²) in [5.41, 5.74) is 0. The van der Waals surface area contributed by atoms with E-state index in [-0.39, 0.29) is 18.1 Å². The molecule has 1 saturated heterocycles. The summed E-state index contributed by atoms with van der Waals surface area (Å²) in [6.07, 6.45) is 1.28. The van der Waals surface area contributed by atoms with Gasteiger partial charge in [0.25, 0.3) is 0 Å². The van der Waals surface area contributed by atoms with Crippen LogP contribution in [0.25, 0.3) is 0 Å². The van der Waals surface area contributed by atoms with E-state index in [1.54, 1.807) is 0 Å². The van der Waals surface area contributed by atoms with Gasteiger partial charge in [-0.2, -0.15) is 0 Å². The molecule has 0 aromatic heterocycles. The van der Waals surface area contributed by atoms with Crippen molar-refractivity contribution < 1.29 is 4.79 Å². The van der Waals surface area contributed by atoms with E-state index in [0.29, 0.717) is 11.8 Å². The van der Waals surface area contributed by atoms with Crippen molar-refractivity contribution in [3.05, 3.63) is 0 Å². The fourth-order valence-electron chi connectivity index (χ4n) is 1.97. The largest absolute Gasteiger partial charge is 0.326 e. The number of nitrogens with zero attached hydrogens (tertiary/aromatic N) is 1. The standard InChI is InChI=1S/C12H24N2O/c1-8(2)6-7-14-10(5)13-11(9(3)4)12(14)15/h8-11,13H,6-7H2,1-5H3. The van der Waals surface area contributed by atoms with Gasteiger partial charge in [-0.15, -0.1) is 0 Å². The van der Waals surface area contributed by atoms with Crippen molar-refractivity contribution in [1.82, 2.24) is 10.2 Å². The monoisotopic (exact) mass is 212 g/mol. The number of carbonyl (C=O) groups excluding carboxylic acids is 1. The topological polar surface area (TPSA) is 32.3 Å². The molecule has 0 spiro atoms. The normalized spacial score (nSPS) is 27.1. The lowest BCUT2D eigenvalue weighted by Gasteiger charge is -2.21. The highest BCUT2D eigenvalue weighted by molar-refractivity contribution is 5.84. The molecule has 15 heavy (non-hydrogen) atoms. The quantitative estimate of drug-likeness (QED) is 0.771. The lowest BCUT2D eigenvalue weighted by molar-refractivity contribution is -0.130. The molecule has 2 unspecified atom stereocenters. The molecule has 0 bridgehead atoms. The van der Waals surface area contributed by atoms with Crippen molar-refractivity contribution in [2.75, 3.05) is 6.54 Å². The Hall–Kier alpha value is -0.570. The second-order valence-electron chi connectivity index (χ2n) is 5.28. The molecule has 1 heterocycles. The van der Waals surface area contributed by atoms with Crippen LogP contribution in [0.4, 0.5) is 0 Å². The van der Waals surface area contributed by atoms with Crippen molar-refractivity contribution in [2.45, 2.75) is 53.2 Å². The van der Waals surface area contributed by atoms with Crippen molar-refractivity contribution in [2.24, 2.45) is 11.8 Å².